The van der Waals surface area contributed by atoms with Gasteiger partial charge in [-0.1, -0.05) is 22.8 Å². The van der Waals surface area contributed by atoms with Crippen molar-refractivity contribution in [3.8, 4) is 0 Å². The van der Waals surface area contributed by atoms with Gasteiger partial charge >= 0.3 is 0 Å². The van der Waals surface area contributed by atoms with Crippen LogP contribution in [0.3, 0.4) is 0 Å². The van der Waals surface area contributed by atoms with Crippen molar-refractivity contribution in [3.05, 3.63) is 58.8 Å². The molecule has 1 atom stereocenters. The number of nitrogens with zero attached hydrogens (tertiary/aromatic N) is 2. The Morgan fingerprint density at radius 2 is 2.12 bits per heavy atom. The number of benzene rings is 1. The van der Waals surface area contributed by atoms with E-state index in [1.54, 1.807) is 41.2 Å². The number of aromatic nitrogens is 1. The van der Waals surface area contributed by atoms with Gasteiger partial charge < -0.3 is 9.84 Å². The maximum atomic E-state index is 12.9. The Bertz CT molecular complexity index is 887. The van der Waals surface area contributed by atoms with Crippen molar-refractivity contribution < 1.29 is 18.1 Å². The Labute approximate surface area is 153 Å². The fourth-order valence-corrected chi connectivity index (χ4v) is 5.09. The molecule has 0 saturated carbocycles. The number of allylic oxidation sites excluding steroid dienone is 1. The number of rotatable bonds is 4. The zero-order chi connectivity index (χ0) is 17.9. The normalized spacial score (nSPS) is 20.6. The van der Waals surface area contributed by atoms with Crippen LogP contribution in [0, 0.1) is 0 Å². The third kappa shape index (κ3) is 3.52. The van der Waals surface area contributed by atoms with Crippen LogP contribution >= 0.6 is 23.4 Å². The van der Waals surface area contributed by atoms with E-state index >= 15 is 0 Å². The van der Waals surface area contributed by atoms with Crippen molar-refractivity contribution in [2.75, 3.05) is 5.32 Å². The van der Waals surface area contributed by atoms with E-state index in [2.05, 4.69) is 14.9 Å². The van der Waals surface area contributed by atoms with Crippen molar-refractivity contribution in [1.29, 1.82) is 0 Å². The van der Waals surface area contributed by atoms with Gasteiger partial charge in [0.05, 0.1) is 0 Å². The summed E-state index contributed by atoms with van der Waals surface area (Å²) >= 11 is 6.87. The van der Waals surface area contributed by atoms with Crippen molar-refractivity contribution >= 4 is 45.0 Å². The highest BCUT2D eigenvalue weighted by Crippen LogP contribution is 2.49. The van der Waals surface area contributed by atoms with Gasteiger partial charge in [-0.2, -0.15) is 0 Å². The summed E-state index contributed by atoms with van der Waals surface area (Å²) in [6.45, 7) is 0. The predicted molar refractivity (Wildman–Crippen MR) is 95.9 cm³/mol. The van der Waals surface area contributed by atoms with Crippen LogP contribution in [0.15, 0.2) is 57.0 Å². The lowest BCUT2D eigenvalue weighted by atomic mass is 10.2. The summed E-state index contributed by atoms with van der Waals surface area (Å²) in [6, 6.07) is 7.93. The molecule has 1 aromatic carbocycles. The SMILES string of the molecule is O=S(=O)(/N=C(\NO)Nc1ccc(Cl)cc1)C1(c2ccon2)CC=CS1. The lowest BCUT2D eigenvalue weighted by Crippen LogP contribution is -2.34. The van der Waals surface area contributed by atoms with Gasteiger partial charge in [0.1, 0.15) is 12.0 Å². The van der Waals surface area contributed by atoms with Gasteiger partial charge in [0.25, 0.3) is 10.0 Å². The number of anilines is 1. The van der Waals surface area contributed by atoms with E-state index in [0.717, 1.165) is 11.8 Å². The monoisotopic (exact) mass is 400 g/mol. The van der Waals surface area contributed by atoms with E-state index in [1.807, 2.05) is 0 Å². The first-order valence-electron chi connectivity index (χ1n) is 6.98. The molecule has 3 rings (SSSR count). The molecule has 0 spiro atoms. The Hall–Kier alpha value is -2.01. The first-order valence-corrected chi connectivity index (χ1v) is 9.67. The van der Waals surface area contributed by atoms with Crippen LogP contribution in [-0.4, -0.2) is 24.7 Å². The third-order valence-corrected chi connectivity index (χ3v) is 7.30. The van der Waals surface area contributed by atoms with Crippen LogP contribution in [-0.2, 0) is 14.1 Å². The van der Waals surface area contributed by atoms with Crippen molar-refractivity contribution in [1.82, 2.24) is 10.6 Å². The molecule has 3 N–H and O–H groups in total. The summed E-state index contributed by atoms with van der Waals surface area (Å²) in [5.74, 6) is -0.349. The molecule has 0 bridgehead atoms. The van der Waals surface area contributed by atoms with Gasteiger partial charge in [0, 0.05) is 23.2 Å². The molecular weight excluding hydrogens is 388 g/mol. The number of halogens is 1. The van der Waals surface area contributed by atoms with E-state index in [1.165, 1.54) is 12.3 Å². The van der Waals surface area contributed by atoms with E-state index < -0.39 is 14.1 Å². The minimum atomic E-state index is -4.13. The van der Waals surface area contributed by atoms with Crippen LogP contribution < -0.4 is 10.8 Å². The lowest BCUT2D eigenvalue weighted by Gasteiger charge is -2.23. The van der Waals surface area contributed by atoms with E-state index in [-0.39, 0.29) is 18.1 Å². The fraction of sp³-hybridized carbons (Fsp3) is 0.143. The van der Waals surface area contributed by atoms with Gasteiger partial charge in [-0.25, -0.2) is 13.9 Å². The molecule has 1 unspecified atom stereocenters. The Morgan fingerprint density at radius 1 is 1.36 bits per heavy atom. The summed E-state index contributed by atoms with van der Waals surface area (Å²) in [5.41, 5.74) is 2.49. The van der Waals surface area contributed by atoms with Crippen LogP contribution in [0.4, 0.5) is 5.69 Å². The first kappa shape index (κ1) is 17.8. The van der Waals surface area contributed by atoms with Crippen molar-refractivity contribution in [3.63, 3.8) is 0 Å². The first-order chi connectivity index (χ1) is 12.0. The van der Waals surface area contributed by atoms with E-state index in [9.17, 15) is 13.6 Å². The third-order valence-electron chi connectivity index (χ3n) is 3.41. The molecular formula is C14H13ClN4O4S2. The number of hydroxylamine groups is 1. The molecule has 8 nitrogen and oxygen atoms in total. The topological polar surface area (TPSA) is 117 Å². The maximum absolute atomic E-state index is 12.9. The summed E-state index contributed by atoms with van der Waals surface area (Å²) in [5, 5.41) is 17.9. The molecule has 1 aliphatic rings. The van der Waals surface area contributed by atoms with E-state index in [4.69, 9.17) is 16.1 Å². The Balaban J connectivity index is 1.94. The highest BCUT2D eigenvalue weighted by Gasteiger charge is 2.49. The number of thioether (sulfide) groups is 1. The van der Waals surface area contributed by atoms with Gasteiger partial charge in [-0.3, -0.25) is 5.21 Å². The zero-order valence-corrected chi connectivity index (χ0v) is 15.0. The smallest absolute Gasteiger partial charge is 0.278 e. The minimum absolute atomic E-state index is 0.176. The van der Waals surface area contributed by atoms with E-state index in [0.29, 0.717) is 10.7 Å². The molecule has 2 aromatic rings. The standard InChI is InChI=1S/C14H13ClN4O4S2/c15-10-2-4-11(5-3-10)16-13(17-20)19-25(21,22)14(7-1-9-24-14)12-6-8-23-18-12/h1-6,8-9,20H,7H2,(H2,16,17,19). The second kappa shape index (κ2) is 7.08. The maximum Gasteiger partial charge on any atom is 0.278 e. The average Bonchev–Trinajstić information content (AvgIpc) is 3.28. The van der Waals surface area contributed by atoms with Crippen LogP contribution in [0.5, 0.6) is 0 Å². The van der Waals surface area contributed by atoms with Crippen LogP contribution in [0.1, 0.15) is 12.1 Å². The highest BCUT2D eigenvalue weighted by molar-refractivity contribution is 8.15. The van der Waals surface area contributed by atoms with Gasteiger partial charge in [-0.15, -0.1) is 16.2 Å². The molecule has 2 heterocycles. The largest absolute Gasteiger partial charge is 0.364 e. The molecule has 25 heavy (non-hydrogen) atoms. The quantitative estimate of drug-likeness (QED) is 0.407. The number of hydrogen-bond acceptors (Lipinski definition) is 6. The Morgan fingerprint density at radius 3 is 2.68 bits per heavy atom. The predicted octanol–water partition coefficient (Wildman–Crippen LogP) is 2.91. The second-order valence-corrected chi connectivity index (χ2v) is 8.72. The molecule has 0 saturated heterocycles. The number of guanidine groups is 1. The summed E-state index contributed by atoms with van der Waals surface area (Å²) in [6.07, 6.45) is 3.19. The summed E-state index contributed by atoms with van der Waals surface area (Å²) in [7, 11) is -4.13. The molecule has 0 fully saturated rings. The second-order valence-electron chi connectivity index (χ2n) is 4.99. The molecule has 132 valence electrons. The highest BCUT2D eigenvalue weighted by atomic mass is 35.5. The number of sulfonamides is 1. The van der Waals surface area contributed by atoms with Gasteiger partial charge in [0.15, 0.2) is 4.08 Å². The zero-order valence-electron chi connectivity index (χ0n) is 12.6. The number of nitrogens with one attached hydrogen (secondary N) is 2. The van der Waals surface area contributed by atoms with Crippen LogP contribution in [0.25, 0.3) is 0 Å². The van der Waals surface area contributed by atoms with Crippen LogP contribution in [0.2, 0.25) is 5.02 Å². The van der Waals surface area contributed by atoms with Crippen molar-refractivity contribution in [2.45, 2.75) is 10.5 Å². The molecule has 0 aliphatic carbocycles. The summed E-state index contributed by atoms with van der Waals surface area (Å²) in [4.78, 5) is 0. The molecule has 1 aromatic heterocycles. The molecule has 0 amide bonds. The minimum Gasteiger partial charge on any atom is -0.364 e. The lowest BCUT2D eigenvalue weighted by molar-refractivity contribution is 0.234. The average molecular weight is 401 g/mol. The van der Waals surface area contributed by atoms with Gasteiger partial charge in [-0.05, 0) is 29.7 Å². The summed E-state index contributed by atoms with van der Waals surface area (Å²) < 4.78 is 32.9. The van der Waals surface area contributed by atoms with Gasteiger partial charge in [0.2, 0.25) is 5.96 Å². The van der Waals surface area contributed by atoms with Crippen molar-refractivity contribution in [2.24, 2.45) is 4.40 Å². The molecule has 0 radical (unpaired) electrons. The Kier molecular flexibility index (Phi) is 5.04. The molecule has 11 heteroatoms. The number of hydrogen-bond donors (Lipinski definition) is 3. The molecule has 1 aliphatic heterocycles. The fourth-order valence-electron chi connectivity index (χ4n) is 2.22.